The number of nitrogens with one attached hydrogen (secondary N) is 2. The summed E-state index contributed by atoms with van der Waals surface area (Å²) in [6.07, 6.45) is 1.89. The summed E-state index contributed by atoms with van der Waals surface area (Å²) in [6.45, 7) is 4.78. The molecule has 5 nitrogen and oxygen atoms in total. The summed E-state index contributed by atoms with van der Waals surface area (Å²) in [5.41, 5.74) is 0.798. The van der Waals surface area contributed by atoms with Crippen molar-refractivity contribution >= 4 is 29.8 Å². The van der Waals surface area contributed by atoms with Gasteiger partial charge in [-0.1, -0.05) is 11.4 Å². The minimum absolute atomic E-state index is 0. The van der Waals surface area contributed by atoms with Crippen molar-refractivity contribution in [1.29, 1.82) is 0 Å². The zero-order valence-electron chi connectivity index (χ0n) is 9.73. The van der Waals surface area contributed by atoms with Crippen molar-refractivity contribution in [3.8, 4) is 0 Å². The number of aryl methyl sites for hydroxylation is 1. The average Bonchev–Trinajstić information content (AvgIpc) is 2.96. The van der Waals surface area contributed by atoms with Crippen molar-refractivity contribution in [1.82, 2.24) is 20.2 Å². The zero-order valence-corrected chi connectivity index (χ0v) is 11.4. The van der Waals surface area contributed by atoms with Crippen LogP contribution < -0.4 is 10.6 Å². The third kappa shape index (κ3) is 3.62. The molecule has 0 aromatic carbocycles. The van der Waals surface area contributed by atoms with Crippen LogP contribution in [0.5, 0.6) is 0 Å². The smallest absolute Gasteiger partial charge is 0.264 e. The molecule has 7 heteroatoms. The topological polar surface area (TPSA) is 66.9 Å². The van der Waals surface area contributed by atoms with Crippen molar-refractivity contribution in [3.05, 3.63) is 10.6 Å². The first kappa shape index (κ1) is 14.3. The highest BCUT2D eigenvalue weighted by atomic mass is 35.5. The Balaban J connectivity index is 0.00000144. The van der Waals surface area contributed by atoms with Gasteiger partial charge < -0.3 is 10.6 Å². The summed E-state index contributed by atoms with van der Waals surface area (Å²) in [6, 6.07) is 0. The van der Waals surface area contributed by atoms with Crippen LogP contribution in [0.3, 0.4) is 0 Å². The Hall–Kier alpha value is -0.720. The molecule has 0 bridgehead atoms. The molecule has 2 heterocycles. The fraction of sp³-hybridized carbons (Fsp3) is 0.700. The van der Waals surface area contributed by atoms with Crippen molar-refractivity contribution in [3.63, 3.8) is 0 Å². The summed E-state index contributed by atoms with van der Waals surface area (Å²) in [4.78, 5) is 12.5. The number of hydrogen-bond acceptors (Lipinski definition) is 5. The Morgan fingerprint density at radius 3 is 3.12 bits per heavy atom. The fourth-order valence-electron chi connectivity index (χ4n) is 1.82. The molecule has 1 fully saturated rings. The summed E-state index contributed by atoms with van der Waals surface area (Å²) in [5, 5.41) is 10.2. The molecule has 1 atom stereocenters. The Labute approximate surface area is 111 Å². The van der Waals surface area contributed by atoms with Crippen molar-refractivity contribution < 1.29 is 4.79 Å². The standard InChI is InChI=1S/C10H16N4OS.ClH/c1-2-8-9(16-14-13-8)10(15)12-6-7-3-4-11-5-7;/h7,11H,2-6H2,1H3,(H,12,15);1H. The lowest BCUT2D eigenvalue weighted by atomic mass is 10.1. The van der Waals surface area contributed by atoms with Gasteiger partial charge in [0, 0.05) is 6.54 Å². The van der Waals surface area contributed by atoms with Crippen LogP contribution in [-0.2, 0) is 6.42 Å². The molecule has 0 saturated carbocycles. The lowest BCUT2D eigenvalue weighted by molar-refractivity contribution is 0.0951. The van der Waals surface area contributed by atoms with Gasteiger partial charge in [-0.05, 0) is 43.4 Å². The maximum atomic E-state index is 11.8. The third-order valence-electron chi connectivity index (χ3n) is 2.81. The van der Waals surface area contributed by atoms with Gasteiger partial charge in [0.1, 0.15) is 4.88 Å². The summed E-state index contributed by atoms with van der Waals surface area (Å²) >= 11 is 1.18. The van der Waals surface area contributed by atoms with Gasteiger partial charge in [-0.25, -0.2) is 0 Å². The fourth-order valence-corrected chi connectivity index (χ4v) is 2.49. The van der Waals surface area contributed by atoms with E-state index < -0.39 is 0 Å². The molecule has 2 rings (SSSR count). The van der Waals surface area contributed by atoms with Gasteiger partial charge in [0.2, 0.25) is 0 Å². The summed E-state index contributed by atoms with van der Waals surface area (Å²) in [7, 11) is 0. The minimum atomic E-state index is -0.0289. The number of halogens is 1. The predicted octanol–water partition coefficient (Wildman–Crippen LogP) is 0.862. The molecule has 1 aliphatic rings. The highest BCUT2D eigenvalue weighted by Crippen LogP contribution is 2.11. The van der Waals surface area contributed by atoms with E-state index in [4.69, 9.17) is 0 Å². The SMILES string of the molecule is CCc1nnsc1C(=O)NCC1CCNC1.Cl. The van der Waals surface area contributed by atoms with Gasteiger partial charge >= 0.3 is 0 Å². The molecule has 1 aromatic heterocycles. The van der Waals surface area contributed by atoms with E-state index in [0.717, 1.165) is 38.2 Å². The van der Waals surface area contributed by atoms with E-state index in [-0.39, 0.29) is 18.3 Å². The second-order valence-electron chi connectivity index (χ2n) is 3.97. The number of amides is 1. The van der Waals surface area contributed by atoms with Crippen molar-refractivity contribution in [2.24, 2.45) is 5.92 Å². The van der Waals surface area contributed by atoms with Crippen LogP contribution in [0.1, 0.15) is 28.7 Å². The lowest BCUT2D eigenvalue weighted by Gasteiger charge is -2.09. The Bertz CT molecular complexity index is 365. The summed E-state index contributed by atoms with van der Waals surface area (Å²) < 4.78 is 3.81. The molecule has 96 valence electrons. The Kier molecular flexibility index (Phi) is 5.80. The molecule has 0 aliphatic carbocycles. The van der Waals surface area contributed by atoms with E-state index in [1.165, 1.54) is 11.5 Å². The molecule has 1 aliphatic heterocycles. The number of carbonyl (C=O) groups is 1. The number of aromatic nitrogens is 2. The van der Waals surface area contributed by atoms with Gasteiger partial charge in [0.15, 0.2) is 0 Å². The maximum absolute atomic E-state index is 11.8. The molecule has 1 amide bonds. The van der Waals surface area contributed by atoms with Crippen molar-refractivity contribution in [2.75, 3.05) is 19.6 Å². The first-order valence-corrected chi connectivity index (χ1v) is 6.38. The van der Waals surface area contributed by atoms with E-state index in [1.807, 2.05) is 6.92 Å². The van der Waals surface area contributed by atoms with Crippen LogP contribution in [0.4, 0.5) is 0 Å². The first-order valence-electron chi connectivity index (χ1n) is 5.61. The van der Waals surface area contributed by atoms with Crippen molar-refractivity contribution in [2.45, 2.75) is 19.8 Å². The number of rotatable bonds is 4. The van der Waals surface area contributed by atoms with Crippen LogP contribution in [-0.4, -0.2) is 35.1 Å². The molecule has 0 spiro atoms. The molecule has 1 saturated heterocycles. The molecular formula is C10H17ClN4OS. The minimum Gasteiger partial charge on any atom is -0.351 e. The molecule has 0 radical (unpaired) electrons. The van der Waals surface area contributed by atoms with E-state index in [0.29, 0.717) is 10.8 Å². The average molecular weight is 277 g/mol. The monoisotopic (exact) mass is 276 g/mol. The second kappa shape index (κ2) is 6.88. The van der Waals surface area contributed by atoms with Crippen LogP contribution in [0, 0.1) is 5.92 Å². The number of nitrogens with zero attached hydrogens (tertiary/aromatic N) is 2. The molecule has 1 unspecified atom stereocenters. The number of carbonyl (C=O) groups excluding carboxylic acids is 1. The van der Waals surface area contributed by atoms with Gasteiger partial charge in [-0.2, -0.15) is 0 Å². The van der Waals surface area contributed by atoms with Gasteiger partial charge in [-0.15, -0.1) is 17.5 Å². The number of hydrogen-bond donors (Lipinski definition) is 2. The van der Waals surface area contributed by atoms with E-state index in [1.54, 1.807) is 0 Å². The van der Waals surface area contributed by atoms with E-state index in [9.17, 15) is 4.79 Å². The Morgan fingerprint density at radius 2 is 2.47 bits per heavy atom. The third-order valence-corrected chi connectivity index (χ3v) is 3.58. The van der Waals surface area contributed by atoms with Crippen LogP contribution in [0.25, 0.3) is 0 Å². The predicted molar refractivity (Wildman–Crippen MR) is 69.8 cm³/mol. The highest BCUT2D eigenvalue weighted by Gasteiger charge is 2.18. The van der Waals surface area contributed by atoms with Gasteiger partial charge in [-0.3, -0.25) is 4.79 Å². The van der Waals surface area contributed by atoms with Gasteiger partial charge in [0.05, 0.1) is 5.69 Å². The zero-order chi connectivity index (χ0) is 11.4. The van der Waals surface area contributed by atoms with E-state index in [2.05, 4.69) is 20.2 Å². The second-order valence-corrected chi connectivity index (χ2v) is 4.73. The lowest BCUT2D eigenvalue weighted by Crippen LogP contribution is -2.30. The summed E-state index contributed by atoms with van der Waals surface area (Å²) in [5.74, 6) is 0.536. The molecule has 17 heavy (non-hydrogen) atoms. The Morgan fingerprint density at radius 1 is 1.65 bits per heavy atom. The molecule has 2 N–H and O–H groups in total. The molecule has 1 aromatic rings. The van der Waals surface area contributed by atoms with Crippen LogP contribution in [0.2, 0.25) is 0 Å². The van der Waals surface area contributed by atoms with Crippen LogP contribution in [0.15, 0.2) is 0 Å². The highest BCUT2D eigenvalue weighted by molar-refractivity contribution is 7.08. The van der Waals surface area contributed by atoms with Crippen LogP contribution >= 0.6 is 23.9 Å². The van der Waals surface area contributed by atoms with Gasteiger partial charge in [0.25, 0.3) is 5.91 Å². The maximum Gasteiger partial charge on any atom is 0.264 e. The largest absolute Gasteiger partial charge is 0.351 e. The molecular weight excluding hydrogens is 260 g/mol. The van der Waals surface area contributed by atoms with E-state index >= 15 is 0 Å². The first-order chi connectivity index (χ1) is 7.81. The quantitative estimate of drug-likeness (QED) is 0.856. The normalized spacial score (nSPS) is 18.8.